The van der Waals surface area contributed by atoms with E-state index in [-0.39, 0.29) is 28.5 Å². The minimum absolute atomic E-state index is 0.0738. The van der Waals surface area contributed by atoms with Crippen LogP contribution in [0.2, 0.25) is 5.02 Å². The van der Waals surface area contributed by atoms with Crippen LogP contribution in [0.25, 0.3) is 0 Å². The van der Waals surface area contributed by atoms with Gasteiger partial charge in [0.1, 0.15) is 5.75 Å². The van der Waals surface area contributed by atoms with Gasteiger partial charge in [0.05, 0.1) is 11.2 Å². The maximum Gasteiger partial charge on any atom is 0.300 e. The number of anilines is 1. The summed E-state index contributed by atoms with van der Waals surface area (Å²) >= 11 is 5.74. The first-order valence-corrected chi connectivity index (χ1v) is 10.1. The Balaban J connectivity index is 1.83. The van der Waals surface area contributed by atoms with E-state index in [2.05, 4.69) is 9.97 Å². The van der Waals surface area contributed by atoms with E-state index in [0.29, 0.717) is 5.56 Å². The number of ether oxygens (including phenoxy) is 1. The Hall–Kier alpha value is -2.82. The molecule has 0 bridgehead atoms. The zero-order valence-corrected chi connectivity index (χ0v) is 16.6. The second kappa shape index (κ2) is 8.68. The molecule has 2 aromatic heterocycles. The molecule has 0 saturated carbocycles. The number of nitrogens with zero attached hydrogens (tertiary/aromatic N) is 2. The highest BCUT2D eigenvalue weighted by molar-refractivity contribution is 7.90. The molecule has 0 spiro atoms. The van der Waals surface area contributed by atoms with E-state index < -0.39 is 27.7 Å². The summed E-state index contributed by atoms with van der Waals surface area (Å²) in [4.78, 5) is 7.72. The number of benzene rings is 1. The first-order valence-electron chi connectivity index (χ1n) is 8.19. The fraction of sp³-hybridized carbons (Fsp3) is 0.111. The van der Waals surface area contributed by atoms with Crippen LogP contribution in [0.4, 0.5) is 14.6 Å². The zero-order chi connectivity index (χ0) is 21.0. The highest BCUT2D eigenvalue weighted by atomic mass is 35.5. The van der Waals surface area contributed by atoms with Crippen LogP contribution in [-0.4, -0.2) is 25.4 Å². The molecule has 2 N–H and O–H groups in total. The summed E-state index contributed by atoms with van der Waals surface area (Å²) in [5.41, 5.74) is 0.735. The first-order chi connectivity index (χ1) is 13.8. The van der Waals surface area contributed by atoms with E-state index >= 15 is 0 Å². The number of hydrogen-bond donors (Lipinski definition) is 2. The molecule has 29 heavy (non-hydrogen) atoms. The number of hydrogen-bond acceptors (Lipinski definition) is 5. The minimum atomic E-state index is -3.91. The van der Waals surface area contributed by atoms with Gasteiger partial charge in [-0.1, -0.05) is 17.7 Å². The molecule has 1 aromatic carbocycles. The first kappa shape index (κ1) is 20.9. The van der Waals surface area contributed by atoms with Crippen LogP contribution in [0.1, 0.15) is 11.1 Å². The Morgan fingerprint density at radius 1 is 1.17 bits per heavy atom. The summed E-state index contributed by atoms with van der Waals surface area (Å²) in [7, 11) is -2.73. The summed E-state index contributed by atoms with van der Waals surface area (Å²) in [5, 5.41) is -0.0815. The molecule has 0 atom stereocenters. The predicted octanol–water partition coefficient (Wildman–Crippen LogP) is 3.67. The largest absolute Gasteiger partial charge is 0.453 e. The molecule has 152 valence electrons. The summed E-state index contributed by atoms with van der Waals surface area (Å²) in [6.07, 6.45) is 4.21. The van der Waals surface area contributed by atoms with Gasteiger partial charge in [-0.3, -0.25) is 9.71 Å². The molecule has 0 aliphatic rings. The third kappa shape index (κ3) is 5.17. The third-order valence-electron chi connectivity index (χ3n) is 3.78. The Kier molecular flexibility index (Phi) is 6.26. The van der Waals surface area contributed by atoms with Crippen LogP contribution in [-0.2, 0) is 16.6 Å². The van der Waals surface area contributed by atoms with Gasteiger partial charge in [0.25, 0.3) is 10.2 Å². The Morgan fingerprint density at radius 2 is 1.97 bits per heavy atom. The van der Waals surface area contributed by atoms with Crippen molar-refractivity contribution in [3.8, 4) is 11.5 Å². The molecular weight excluding hydrogens is 426 g/mol. The summed E-state index contributed by atoms with van der Waals surface area (Å²) < 4.78 is 61.3. The molecular formula is C18H15ClF2N4O3S. The number of rotatable bonds is 7. The molecule has 0 amide bonds. The van der Waals surface area contributed by atoms with Crippen molar-refractivity contribution in [2.45, 2.75) is 6.42 Å². The molecule has 2 heterocycles. The molecule has 0 fully saturated rings. The van der Waals surface area contributed by atoms with Crippen LogP contribution in [0.5, 0.6) is 11.5 Å². The van der Waals surface area contributed by atoms with Crippen LogP contribution < -0.4 is 14.2 Å². The van der Waals surface area contributed by atoms with Crippen molar-refractivity contribution in [1.82, 2.24) is 14.7 Å². The summed E-state index contributed by atoms with van der Waals surface area (Å²) in [6, 6.07) is 7.32. The highest BCUT2D eigenvalue weighted by Crippen LogP contribution is 2.29. The molecule has 0 aliphatic heterocycles. The van der Waals surface area contributed by atoms with Gasteiger partial charge in [-0.25, -0.2) is 18.5 Å². The number of nitrogens with one attached hydrogen (secondary N) is 2. The van der Waals surface area contributed by atoms with E-state index in [0.717, 1.165) is 0 Å². The van der Waals surface area contributed by atoms with Crippen molar-refractivity contribution >= 4 is 27.6 Å². The van der Waals surface area contributed by atoms with Gasteiger partial charge >= 0.3 is 0 Å². The monoisotopic (exact) mass is 440 g/mol. The maximum absolute atomic E-state index is 14.6. The topological polar surface area (TPSA) is 93.2 Å². The molecule has 7 nitrogen and oxygen atoms in total. The molecule has 0 saturated heterocycles. The Bertz CT molecular complexity index is 1150. The molecule has 3 aromatic rings. The average molecular weight is 441 g/mol. The smallest absolute Gasteiger partial charge is 0.300 e. The molecule has 3 rings (SSSR count). The van der Waals surface area contributed by atoms with Crippen molar-refractivity contribution in [3.63, 3.8) is 0 Å². The lowest BCUT2D eigenvalue weighted by molar-refractivity contribution is 0.440. The Labute approximate surface area is 170 Å². The maximum atomic E-state index is 14.6. The van der Waals surface area contributed by atoms with E-state index in [9.17, 15) is 17.2 Å². The van der Waals surface area contributed by atoms with Crippen LogP contribution in [0, 0.1) is 11.6 Å². The Morgan fingerprint density at radius 3 is 2.72 bits per heavy atom. The van der Waals surface area contributed by atoms with Crippen molar-refractivity contribution in [2.24, 2.45) is 0 Å². The SMILES string of the molecule is CNS(=O)(=O)Nc1nccc(Cc2cncc(Oc3cccc(Cl)c3F)c2)c1F. The zero-order valence-electron chi connectivity index (χ0n) is 15.0. The predicted molar refractivity (Wildman–Crippen MR) is 104 cm³/mol. The minimum Gasteiger partial charge on any atom is -0.453 e. The second-order valence-corrected chi connectivity index (χ2v) is 7.83. The van der Waals surface area contributed by atoms with Gasteiger partial charge in [-0.05, 0) is 35.4 Å². The molecule has 0 aliphatic carbocycles. The lowest BCUT2D eigenvalue weighted by atomic mass is 10.1. The van der Waals surface area contributed by atoms with Gasteiger partial charge in [-0.15, -0.1) is 0 Å². The molecule has 11 heteroatoms. The van der Waals surface area contributed by atoms with Crippen molar-refractivity contribution < 1.29 is 21.9 Å². The summed E-state index contributed by atoms with van der Waals surface area (Å²) in [5.74, 6) is -1.80. The fourth-order valence-electron chi connectivity index (χ4n) is 2.40. The highest BCUT2D eigenvalue weighted by Gasteiger charge is 2.16. The summed E-state index contributed by atoms with van der Waals surface area (Å²) in [6.45, 7) is 0. The quantitative estimate of drug-likeness (QED) is 0.584. The van der Waals surface area contributed by atoms with E-state index in [4.69, 9.17) is 16.3 Å². The van der Waals surface area contributed by atoms with Crippen molar-refractivity contribution in [3.05, 3.63) is 76.7 Å². The van der Waals surface area contributed by atoms with E-state index in [1.165, 1.54) is 49.9 Å². The second-order valence-electron chi connectivity index (χ2n) is 5.80. The lowest BCUT2D eigenvalue weighted by Gasteiger charge is -2.11. The normalized spacial score (nSPS) is 11.3. The van der Waals surface area contributed by atoms with Crippen LogP contribution in [0.15, 0.2) is 48.9 Å². The lowest BCUT2D eigenvalue weighted by Crippen LogP contribution is -2.27. The average Bonchev–Trinajstić information content (AvgIpc) is 2.69. The van der Waals surface area contributed by atoms with E-state index in [1.54, 1.807) is 6.07 Å². The standard InChI is InChI=1S/C18H15ClF2N4O3S/c1-22-29(26,27)25-18-16(20)12(5-6-24-18)7-11-8-13(10-23-9-11)28-15-4-2-3-14(19)17(15)21/h2-6,8-10,22H,7H2,1H3,(H,24,25). The van der Waals surface area contributed by atoms with Crippen LogP contribution in [0.3, 0.4) is 0 Å². The van der Waals surface area contributed by atoms with Gasteiger partial charge in [0.2, 0.25) is 0 Å². The van der Waals surface area contributed by atoms with Gasteiger partial charge in [0, 0.05) is 25.9 Å². The fourth-order valence-corrected chi connectivity index (χ4v) is 3.06. The molecule has 0 unspecified atom stereocenters. The van der Waals surface area contributed by atoms with Gasteiger partial charge < -0.3 is 4.74 Å². The van der Waals surface area contributed by atoms with Gasteiger partial charge in [-0.2, -0.15) is 8.42 Å². The molecule has 0 radical (unpaired) electrons. The van der Waals surface area contributed by atoms with Crippen LogP contribution >= 0.6 is 11.6 Å². The van der Waals surface area contributed by atoms with Crippen molar-refractivity contribution in [1.29, 1.82) is 0 Å². The number of aromatic nitrogens is 2. The number of halogens is 3. The van der Waals surface area contributed by atoms with Gasteiger partial charge in [0.15, 0.2) is 23.2 Å². The number of pyridine rings is 2. The van der Waals surface area contributed by atoms with E-state index in [1.807, 2.05) is 9.44 Å². The van der Waals surface area contributed by atoms with Crippen molar-refractivity contribution in [2.75, 3.05) is 11.8 Å². The third-order valence-corrected chi connectivity index (χ3v) is 5.07.